The van der Waals surface area contributed by atoms with Crippen molar-refractivity contribution >= 4 is 13.7 Å². The van der Waals surface area contributed by atoms with Gasteiger partial charge in [0.05, 0.1) is 24.5 Å². The number of unbranched alkanes of at least 4 members (excludes halogenated alkanes) is 1. The van der Waals surface area contributed by atoms with E-state index in [9.17, 15) is 14.3 Å². The van der Waals surface area contributed by atoms with Crippen LogP contribution in [0.1, 0.15) is 46.9 Å². The third kappa shape index (κ3) is 8.70. The van der Waals surface area contributed by atoms with Crippen LogP contribution in [0.25, 0.3) is 0 Å². The minimum absolute atomic E-state index is 0.0604. The Morgan fingerprint density at radius 2 is 2.00 bits per heavy atom. The molecule has 1 unspecified atom stereocenters. The third-order valence-electron chi connectivity index (χ3n) is 5.08. The Labute approximate surface area is 210 Å². The molecule has 11 heteroatoms. The van der Waals surface area contributed by atoms with Crippen molar-refractivity contribution in [2.75, 3.05) is 20.2 Å². The topological polar surface area (TPSA) is 120 Å². The summed E-state index contributed by atoms with van der Waals surface area (Å²) in [5, 5.41) is 8.07. The van der Waals surface area contributed by atoms with Crippen molar-refractivity contribution in [3.05, 3.63) is 77.4 Å². The Bertz CT molecular complexity index is 1250. The molecule has 2 heterocycles. The molecule has 1 amide bonds. The summed E-state index contributed by atoms with van der Waals surface area (Å²) >= 11 is 0. The zero-order valence-electron chi connectivity index (χ0n) is 20.6. The van der Waals surface area contributed by atoms with Crippen LogP contribution < -0.4 is 0 Å². The van der Waals surface area contributed by atoms with Crippen LogP contribution in [0.2, 0.25) is 0 Å². The molecule has 0 spiro atoms. The normalized spacial score (nSPS) is 13.3. The van der Waals surface area contributed by atoms with Crippen LogP contribution in [0, 0.1) is 11.8 Å². The number of aryl methyl sites for hydroxylation is 1. The van der Waals surface area contributed by atoms with Crippen molar-refractivity contribution in [1.29, 1.82) is 0 Å². The van der Waals surface area contributed by atoms with Gasteiger partial charge in [0.15, 0.2) is 5.69 Å². The SMILES string of the molecule is CCCCOP(=O)(O)O[C@@H](Cc1ccccc1)CN(C)C(=O)c1cncc(C#Cc2cnn(C)n2)c1. The predicted molar refractivity (Wildman–Crippen MR) is 134 cm³/mol. The Balaban J connectivity index is 1.72. The van der Waals surface area contributed by atoms with Crippen LogP contribution in [0.3, 0.4) is 0 Å². The second-order valence-electron chi connectivity index (χ2n) is 8.19. The number of hydrogen-bond donors (Lipinski definition) is 1. The molecule has 0 aliphatic carbocycles. The van der Waals surface area contributed by atoms with Crippen LogP contribution in [0.5, 0.6) is 0 Å². The Hall–Kier alpha value is -3.35. The number of rotatable bonds is 11. The molecule has 0 saturated heterocycles. The van der Waals surface area contributed by atoms with E-state index < -0.39 is 13.9 Å². The molecule has 10 nitrogen and oxygen atoms in total. The van der Waals surface area contributed by atoms with Gasteiger partial charge in [-0.3, -0.25) is 18.8 Å². The number of likely N-dealkylation sites (N-methyl/N-ethyl adjacent to an activating group) is 1. The molecule has 0 aliphatic rings. The van der Waals surface area contributed by atoms with Crippen molar-refractivity contribution < 1.29 is 23.3 Å². The maximum atomic E-state index is 13.1. The van der Waals surface area contributed by atoms with Crippen LogP contribution in [-0.4, -0.2) is 62.0 Å². The first kappa shape index (κ1) is 27.2. The van der Waals surface area contributed by atoms with Crippen molar-refractivity contribution in [2.45, 2.75) is 32.3 Å². The maximum Gasteiger partial charge on any atom is 0.472 e. The van der Waals surface area contributed by atoms with Crippen LogP contribution in [0.4, 0.5) is 0 Å². The molecule has 1 aromatic carbocycles. The first-order chi connectivity index (χ1) is 17.3. The Kier molecular flexibility index (Phi) is 9.91. The molecular weight excluding hydrogens is 481 g/mol. The van der Waals surface area contributed by atoms with E-state index >= 15 is 0 Å². The van der Waals surface area contributed by atoms with E-state index in [2.05, 4.69) is 27.0 Å². The van der Waals surface area contributed by atoms with Crippen LogP contribution in [0.15, 0.2) is 55.0 Å². The molecule has 2 atom stereocenters. The van der Waals surface area contributed by atoms with E-state index in [1.54, 1.807) is 32.6 Å². The number of amides is 1. The fraction of sp³-hybridized carbons (Fsp3) is 0.360. The minimum atomic E-state index is -4.30. The van der Waals surface area contributed by atoms with Gasteiger partial charge in [-0.2, -0.15) is 9.90 Å². The van der Waals surface area contributed by atoms with Crippen molar-refractivity contribution in [3.63, 3.8) is 0 Å². The summed E-state index contributed by atoms with van der Waals surface area (Å²) in [6.45, 7) is 2.13. The molecule has 190 valence electrons. The summed E-state index contributed by atoms with van der Waals surface area (Å²) in [5.41, 5.74) is 2.27. The Morgan fingerprint density at radius 1 is 1.22 bits per heavy atom. The molecular formula is C25H30N5O5P. The summed E-state index contributed by atoms with van der Waals surface area (Å²) in [7, 11) is -1.00. The van der Waals surface area contributed by atoms with E-state index in [4.69, 9.17) is 9.05 Å². The van der Waals surface area contributed by atoms with Crippen molar-refractivity contribution in [2.24, 2.45) is 7.05 Å². The molecule has 0 aliphatic heterocycles. The number of carbonyl (C=O) groups is 1. The molecule has 0 radical (unpaired) electrons. The average molecular weight is 512 g/mol. The van der Waals surface area contributed by atoms with Crippen molar-refractivity contribution in [1.82, 2.24) is 24.9 Å². The molecule has 1 N–H and O–H groups in total. The number of carbonyl (C=O) groups excluding carboxylic acids is 1. The smallest absolute Gasteiger partial charge is 0.339 e. The van der Waals surface area contributed by atoms with E-state index in [-0.39, 0.29) is 19.1 Å². The van der Waals surface area contributed by atoms with E-state index in [0.29, 0.717) is 29.7 Å². The van der Waals surface area contributed by atoms with Gasteiger partial charge in [-0.15, -0.1) is 5.10 Å². The van der Waals surface area contributed by atoms with Crippen LogP contribution in [-0.2, 0) is 27.1 Å². The van der Waals surface area contributed by atoms with E-state index in [1.807, 2.05) is 37.3 Å². The number of aromatic nitrogens is 4. The number of hydrogen-bond acceptors (Lipinski definition) is 7. The van der Waals surface area contributed by atoms with Gasteiger partial charge < -0.3 is 9.79 Å². The molecule has 3 aromatic rings. The number of phosphoric acid groups is 1. The number of phosphoric ester groups is 1. The van der Waals surface area contributed by atoms with Gasteiger partial charge in [0.1, 0.15) is 0 Å². The van der Waals surface area contributed by atoms with E-state index in [1.165, 1.54) is 15.9 Å². The molecule has 3 rings (SSSR count). The summed E-state index contributed by atoms with van der Waals surface area (Å²) in [5.74, 6) is 5.48. The number of benzene rings is 1. The first-order valence-electron chi connectivity index (χ1n) is 11.5. The lowest BCUT2D eigenvalue weighted by Gasteiger charge is -2.26. The fourth-order valence-corrected chi connectivity index (χ4v) is 4.27. The zero-order valence-corrected chi connectivity index (χ0v) is 21.5. The maximum absolute atomic E-state index is 13.1. The highest BCUT2D eigenvalue weighted by molar-refractivity contribution is 7.47. The lowest BCUT2D eigenvalue weighted by Crippen LogP contribution is -2.36. The van der Waals surface area contributed by atoms with Gasteiger partial charge in [0.2, 0.25) is 0 Å². The largest absolute Gasteiger partial charge is 0.472 e. The first-order valence-corrected chi connectivity index (χ1v) is 13.0. The predicted octanol–water partition coefficient (Wildman–Crippen LogP) is 3.23. The fourth-order valence-electron chi connectivity index (χ4n) is 3.33. The lowest BCUT2D eigenvalue weighted by atomic mass is 10.1. The van der Waals surface area contributed by atoms with Gasteiger partial charge in [-0.05, 0) is 24.0 Å². The molecule has 0 saturated carbocycles. The van der Waals surface area contributed by atoms with Gasteiger partial charge in [0, 0.05) is 45.0 Å². The monoisotopic (exact) mass is 511 g/mol. The Morgan fingerprint density at radius 3 is 2.69 bits per heavy atom. The quantitative estimate of drug-likeness (QED) is 0.237. The second-order valence-corrected chi connectivity index (χ2v) is 9.60. The summed E-state index contributed by atoms with van der Waals surface area (Å²) in [6.07, 6.45) is 5.55. The molecule has 2 aromatic heterocycles. The number of nitrogens with zero attached hydrogens (tertiary/aromatic N) is 5. The molecule has 0 fully saturated rings. The molecule has 0 bridgehead atoms. The summed E-state index contributed by atoms with van der Waals surface area (Å²) in [6, 6.07) is 11.0. The zero-order chi connectivity index (χ0) is 26.0. The highest BCUT2D eigenvalue weighted by Gasteiger charge is 2.29. The van der Waals surface area contributed by atoms with E-state index in [0.717, 1.165) is 12.0 Å². The standard InChI is InChI=1S/C25H30N5O5P/c1-4-5-13-34-36(32,33)35-24(15-20-9-7-6-8-10-20)19-29(2)25(31)22-14-21(16-26-17-22)11-12-23-18-27-30(3)28-23/h6-10,14,16-18,24H,4-5,13,15,19H2,1-3H3,(H,32,33)/t24-/m0/s1. The molecule has 36 heavy (non-hydrogen) atoms. The average Bonchev–Trinajstić information content (AvgIpc) is 3.28. The summed E-state index contributed by atoms with van der Waals surface area (Å²) in [4.78, 5) is 30.3. The summed E-state index contributed by atoms with van der Waals surface area (Å²) < 4.78 is 23.1. The van der Waals surface area contributed by atoms with Crippen LogP contribution >= 0.6 is 7.82 Å². The lowest BCUT2D eigenvalue weighted by molar-refractivity contribution is 0.0606. The van der Waals surface area contributed by atoms with Gasteiger partial charge in [-0.1, -0.05) is 49.6 Å². The van der Waals surface area contributed by atoms with Gasteiger partial charge >= 0.3 is 7.82 Å². The highest BCUT2D eigenvalue weighted by atomic mass is 31.2. The van der Waals surface area contributed by atoms with Gasteiger partial charge in [-0.25, -0.2) is 4.57 Å². The van der Waals surface area contributed by atoms with Gasteiger partial charge in [0.25, 0.3) is 5.91 Å². The third-order valence-corrected chi connectivity index (χ3v) is 6.16. The highest BCUT2D eigenvalue weighted by Crippen LogP contribution is 2.45. The number of pyridine rings is 1. The second kappa shape index (κ2) is 13.1. The van der Waals surface area contributed by atoms with Crippen molar-refractivity contribution in [3.8, 4) is 11.8 Å². The minimum Gasteiger partial charge on any atom is -0.339 e.